The number of carbonyl (C=O) groups is 3. The van der Waals surface area contributed by atoms with Gasteiger partial charge in [-0.1, -0.05) is 243 Å². The summed E-state index contributed by atoms with van der Waals surface area (Å²) in [6, 6.07) is 0. The van der Waals surface area contributed by atoms with Gasteiger partial charge in [-0.05, 0) is 77.0 Å². The first-order valence-corrected chi connectivity index (χ1v) is 32.0. The van der Waals surface area contributed by atoms with E-state index in [0.717, 1.165) is 96.3 Å². The van der Waals surface area contributed by atoms with Crippen molar-refractivity contribution in [2.24, 2.45) is 0 Å². The minimum atomic E-state index is -4.75. The highest BCUT2D eigenvalue weighted by atomic mass is 31.2. The molecular formula is C62H113O11P. The summed E-state index contributed by atoms with van der Waals surface area (Å²) in [6.45, 7) is 4.53. The molecular weight excluding hydrogens is 952 g/mol. The molecule has 0 aromatic carbocycles. The van der Waals surface area contributed by atoms with Crippen molar-refractivity contribution in [3.05, 3.63) is 48.6 Å². The number of phosphoric acid groups is 1. The summed E-state index contributed by atoms with van der Waals surface area (Å²) < 4.78 is 39.6. The van der Waals surface area contributed by atoms with E-state index in [1.165, 1.54) is 135 Å². The minimum absolute atomic E-state index is 0.143. The maximum Gasteiger partial charge on any atom is 0.472 e. The van der Waals surface area contributed by atoms with Gasteiger partial charge in [-0.15, -0.1) is 0 Å². The van der Waals surface area contributed by atoms with Crippen LogP contribution in [-0.4, -0.2) is 66.5 Å². The van der Waals surface area contributed by atoms with Crippen LogP contribution in [0.3, 0.4) is 0 Å². The van der Waals surface area contributed by atoms with Gasteiger partial charge in [0.05, 0.1) is 19.8 Å². The summed E-state index contributed by atoms with van der Waals surface area (Å²) in [7, 11) is -4.75. The first-order valence-electron chi connectivity index (χ1n) is 30.5. The summed E-state index contributed by atoms with van der Waals surface area (Å²) in [6.07, 6.45) is 60.7. The second-order valence-corrected chi connectivity index (χ2v) is 21.9. The SMILES string of the molecule is CC/C=C\C/C=C\C/C=C\CCCCCC(=O)OC(CO)COP(=O)(O)OCC(COC(=O)CCCCCCC/C=C\CCCCCCCC)OC(=O)CCCCCCCCCCCCCCCCCCCCC. The van der Waals surface area contributed by atoms with Crippen LogP contribution in [0.15, 0.2) is 48.6 Å². The Morgan fingerprint density at radius 2 is 0.703 bits per heavy atom. The van der Waals surface area contributed by atoms with E-state index in [1.54, 1.807) is 0 Å². The van der Waals surface area contributed by atoms with E-state index < -0.39 is 57.8 Å². The van der Waals surface area contributed by atoms with Crippen LogP contribution in [0.25, 0.3) is 0 Å². The number of aliphatic hydroxyl groups excluding tert-OH is 1. The third-order valence-electron chi connectivity index (χ3n) is 13.2. The van der Waals surface area contributed by atoms with Crippen LogP contribution in [0.5, 0.6) is 0 Å². The topological polar surface area (TPSA) is 155 Å². The van der Waals surface area contributed by atoms with Crippen LogP contribution >= 0.6 is 7.82 Å². The number of hydrogen-bond donors (Lipinski definition) is 2. The van der Waals surface area contributed by atoms with E-state index >= 15 is 0 Å². The highest BCUT2D eigenvalue weighted by molar-refractivity contribution is 7.47. The summed E-state index contributed by atoms with van der Waals surface area (Å²) >= 11 is 0. The quantitative estimate of drug-likeness (QED) is 0.0197. The third kappa shape index (κ3) is 54.2. The largest absolute Gasteiger partial charge is 0.472 e. The van der Waals surface area contributed by atoms with Crippen LogP contribution in [0.4, 0.5) is 0 Å². The Balaban J connectivity index is 4.71. The summed E-state index contributed by atoms with van der Waals surface area (Å²) in [5.41, 5.74) is 0. The Hall–Kier alpha value is -2.56. The lowest BCUT2D eigenvalue weighted by Crippen LogP contribution is -2.30. The van der Waals surface area contributed by atoms with Crippen molar-refractivity contribution in [3.63, 3.8) is 0 Å². The van der Waals surface area contributed by atoms with E-state index in [4.69, 9.17) is 23.3 Å². The highest BCUT2D eigenvalue weighted by Gasteiger charge is 2.28. The predicted octanol–water partition coefficient (Wildman–Crippen LogP) is 18.1. The van der Waals surface area contributed by atoms with Crippen molar-refractivity contribution in [3.8, 4) is 0 Å². The number of ether oxygens (including phenoxy) is 3. The number of hydrogen-bond acceptors (Lipinski definition) is 10. The molecule has 0 amide bonds. The molecule has 0 aliphatic carbocycles. The Labute approximate surface area is 453 Å². The number of rotatable bonds is 57. The first-order chi connectivity index (χ1) is 36.2. The van der Waals surface area contributed by atoms with Gasteiger partial charge < -0.3 is 24.2 Å². The fourth-order valence-corrected chi connectivity index (χ4v) is 9.39. The van der Waals surface area contributed by atoms with Crippen molar-refractivity contribution < 1.29 is 52.2 Å². The van der Waals surface area contributed by atoms with Crippen LogP contribution in [0.2, 0.25) is 0 Å². The zero-order valence-corrected chi connectivity index (χ0v) is 48.7. The Bertz CT molecular complexity index is 1430. The van der Waals surface area contributed by atoms with Gasteiger partial charge in [-0.2, -0.15) is 0 Å². The fraction of sp³-hybridized carbons (Fsp3) is 0.823. The molecule has 0 bridgehead atoms. The number of esters is 3. The van der Waals surface area contributed by atoms with Crippen LogP contribution in [0.1, 0.15) is 290 Å². The maximum absolute atomic E-state index is 12.9. The fourth-order valence-electron chi connectivity index (χ4n) is 8.60. The van der Waals surface area contributed by atoms with Crippen molar-refractivity contribution in [1.82, 2.24) is 0 Å². The molecule has 3 atom stereocenters. The molecule has 0 spiro atoms. The van der Waals surface area contributed by atoms with Gasteiger partial charge in [0.1, 0.15) is 12.7 Å². The van der Waals surface area contributed by atoms with Gasteiger partial charge in [0.2, 0.25) is 0 Å². The molecule has 0 aromatic rings. The number of carbonyl (C=O) groups excluding carboxylic acids is 3. The second kappa shape index (κ2) is 56.6. The van der Waals surface area contributed by atoms with Gasteiger partial charge in [0.15, 0.2) is 6.10 Å². The first kappa shape index (κ1) is 71.4. The maximum atomic E-state index is 12.9. The minimum Gasteiger partial charge on any atom is -0.462 e. The van der Waals surface area contributed by atoms with Crippen LogP contribution in [-0.2, 0) is 42.2 Å². The average molecular weight is 1070 g/mol. The lowest BCUT2D eigenvalue weighted by Gasteiger charge is -2.21. The predicted molar refractivity (Wildman–Crippen MR) is 307 cm³/mol. The molecule has 11 nitrogen and oxygen atoms in total. The Morgan fingerprint density at radius 3 is 1.11 bits per heavy atom. The molecule has 74 heavy (non-hydrogen) atoms. The lowest BCUT2D eigenvalue weighted by molar-refractivity contribution is -0.161. The molecule has 0 saturated heterocycles. The van der Waals surface area contributed by atoms with E-state index in [-0.39, 0.29) is 25.9 Å². The monoisotopic (exact) mass is 1060 g/mol. The molecule has 0 saturated carbocycles. The Kier molecular flexibility index (Phi) is 54.7. The lowest BCUT2D eigenvalue weighted by atomic mass is 10.0. The van der Waals surface area contributed by atoms with E-state index in [2.05, 4.69) is 69.4 Å². The molecule has 0 aliphatic heterocycles. The standard InChI is InChI=1S/C62H113O11P/c1-4-7-10-13-16-19-22-25-27-28-29-30-32-35-38-41-44-47-50-53-62(66)73-59(55-69-60(64)51-48-45-42-39-36-34-31-26-23-20-17-14-11-8-5-2)57-71-74(67,68)70-56-58(54-63)72-61(65)52-49-46-43-40-37-33-24-21-18-15-12-9-6-3/h9,12,18,21,26,31,33,37,58-59,63H,4-8,10-11,13-17,19-20,22-25,27-30,32,34-36,38-57H2,1-3H3,(H,67,68)/b12-9-,21-18-,31-26-,37-33-. The molecule has 0 radical (unpaired) electrons. The summed E-state index contributed by atoms with van der Waals surface area (Å²) in [5, 5.41) is 9.81. The van der Waals surface area contributed by atoms with Gasteiger partial charge in [0.25, 0.3) is 0 Å². The molecule has 0 aromatic heterocycles. The molecule has 432 valence electrons. The normalized spacial score (nSPS) is 13.6. The summed E-state index contributed by atoms with van der Waals surface area (Å²) in [4.78, 5) is 48.6. The van der Waals surface area contributed by atoms with E-state index in [0.29, 0.717) is 19.3 Å². The molecule has 3 unspecified atom stereocenters. The zero-order chi connectivity index (χ0) is 54.1. The number of phosphoric ester groups is 1. The second-order valence-electron chi connectivity index (χ2n) is 20.5. The van der Waals surface area contributed by atoms with Gasteiger partial charge in [0, 0.05) is 19.3 Å². The van der Waals surface area contributed by atoms with Crippen molar-refractivity contribution in [2.75, 3.05) is 26.4 Å². The van der Waals surface area contributed by atoms with Gasteiger partial charge in [-0.25, -0.2) is 4.57 Å². The van der Waals surface area contributed by atoms with Crippen molar-refractivity contribution in [2.45, 2.75) is 303 Å². The summed E-state index contributed by atoms with van der Waals surface area (Å²) in [5.74, 6) is -1.49. The number of allylic oxidation sites excluding steroid dienone is 8. The number of aliphatic hydroxyl groups is 1. The van der Waals surface area contributed by atoms with E-state index in [9.17, 15) is 28.9 Å². The smallest absolute Gasteiger partial charge is 0.462 e. The van der Waals surface area contributed by atoms with E-state index in [1.807, 2.05) is 0 Å². The molecule has 0 fully saturated rings. The third-order valence-corrected chi connectivity index (χ3v) is 14.2. The molecule has 2 N–H and O–H groups in total. The van der Waals surface area contributed by atoms with Crippen LogP contribution in [0, 0.1) is 0 Å². The van der Waals surface area contributed by atoms with Crippen molar-refractivity contribution >= 4 is 25.7 Å². The number of unbranched alkanes of at least 4 members (excludes halogenated alkanes) is 32. The molecule has 0 rings (SSSR count). The molecule has 12 heteroatoms. The van der Waals surface area contributed by atoms with Gasteiger partial charge in [-0.3, -0.25) is 23.4 Å². The molecule has 0 heterocycles. The molecule has 0 aliphatic rings. The van der Waals surface area contributed by atoms with Gasteiger partial charge >= 0.3 is 25.7 Å². The highest BCUT2D eigenvalue weighted by Crippen LogP contribution is 2.43. The van der Waals surface area contributed by atoms with Crippen molar-refractivity contribution in [1.29, 1.82) is 0 Å². The Morgan fingerprint density at radius 1 is 0.392 bits per heavy atom. The van der Waals surface area contributed by atoms with Crippen LogP contribution < -0.4 is 0 Å². The zero-order valence-electron chi connectivity index (χ0n) is 47.8. The average Bonchev–Trinajstić information content (AvgIpc) is 3.39.